The minimum absolute atomic E-state index is 0.0705. The van der Waals surface area contributed by atoms with Crippen LogP contribution in [0.3, 0.4) is 0 Å². The number of alkyl halides is 3. The van der Waals surface area contributed by atoms with Crippen LogP contribution in [0.4, 0.5) is 28.0 Å². The van der Waals surface area contributed by atoms with E-state index in [0.717, 1.165) is 6.07 Å². The standard InChI is InChI=1S/C17H20F4N4O2/c18-14-3-2-12(25-7-4-22-16(25)27)10-13(14)15(26)24-6-1-5-23(8-9-24)11-17(19,20)21/h2-3,10H,1,4-9,11H2,(H,22,27). The Morgan fingerprint density at radius 1 is 1.11 bits per heavy atom. The molecule has 2 aliphatic heterocycles. The summed E-state index contributed by atoms with van der Waals surface area (Å²) in [6.07, 6.45) is -3.92. The van der Waals surface area contributed by atoms with Crippen LogP contribution in [0.1, 0.15) is 16.8 Å². The van der Waals surface area contributed by atoms with Gasteiger partial charge in [-0.05, 0) is 24.6 Å². The van der Waals surface area contributed by atoms with Gasteiger partial charge in [-0.2, -0.15) is 13.2 Å². The maximum absolute atomic E-state index is 14.2. The summed E-state index contributed by atoms with van der Waals surface area (Å²) in [7, 11) is 0. The molecule has 2 fully saturated rings. The summed E-state index contributed by atoms with van der Waals surface area (Å²) in [6, 6.07) is 3.55. The van der Waals surface area contributed by atoms with Gasteiger partial charge in [0.2, 0.25) is 0 Å². The second-order valence-corrected chi connectivity index (χ2v) is 6.58. The van der Waals surface area contributed by atoms with Crippen LogP contribution < -0.4 is 10.2 Å². The van der Waals surface area contributed by atoms with Crippen LogP contribution in [0.15, 0.2) is 18.2 Å². The third kappa shape index (κ3) is 4.68. The van der Waals surface area contributed by atoms with Crippen LogP contribution in [0.2, 0.25) is 0 Å². The van der Waals surface area contributed by atoms with Crippen molar-refractivity contribution in [3.63, 3.8) is 0 Å². The van der Waals surface area contributed by atoms with E-state index in [2.05, 4.69) is 5.32 Å². The van der Waals surface area contributed by atoms with E-state index in [9.17, 15) is 27.2 Å². The molecule has 0 spiro atoms. The molecule has 148 valence electrons. The van der Waals surface area contributed by atoms with Crippen LogP contribution in [-0.2, 0) is 0 Å². The number of amides is 3. The first kappa shape index (κ1) is 19.4. The number of anilines is 1. The van der Waals surface area contributed by atoms with Gasteiger partial charge < -0.3 is 10.2 Å². The zero-order valence-corrected chi connectivity index (χ0v) is 14.6. The maximum atomic E-state index is 14.2. The van der Waals surface area contributed by atoms with Crippen LogP contribution in [0.25, 0.3) is 0 Å². The molecule has 6 nitrogen and oxygen atoms in total. The summed E-state index contributed by atoms with van der Waals surface area (Å²) in [5, 5.41) is 2.63. The fourth-order valence-electron chi connectivity index (χ4n) is 3.32. The minimum atomic E-state index is -4.30. The molecule has 0 unspecified atom stereocenters. The second kappa shape index (κ2) is 7.71. The molecule has 27 heavy (non-hydrogen) atoms. The molecule has 0 aromatic heterocycles. The van der Waals surface area contributed by atoms with Crippen molar-refractivity contribution < 1.29 is 27.2 Å². The molecule has 0 atom stereocenters. The minimum Gasteiger partial charge on any atom is -0.337 e. The molecular weight excluding hydrogens is 368 g/mol. The molecular formula is C17H20F4N4O2. The summed E-state index contributed by atoms with van der Waals surface area (Å²) in [6.45, 7) is 0.475. The molecule has 1 aromatic rings. The molecule has 0 saturated carbocycles. The normalized spacial score (nSPS) is 19.2. The van der Waals surface area contributed by atoms with Crippen molar-refractivity contribution in [2.24, 2.45) is 0 Å². The zero-order valence-electron chi connectivity index (χ0n) is 14.6. The number of carbonyl (C=O) groups excluding carboxylic acids is 2. The fourth-order valence-corrected chi connectivity index (χ4v) is 3.32. The van der Waals surface area contributed by atoms with Gasteiger partial charge in [0.1, 0.15) is 5.82 Å². The summed E-state index contributed by atoms with van der Waals surface area (Å²) in [5.74, 6) is -1.30. The lowest BCUT2D eigenvalue weighted by atomic mass is 10.1. The Labute approximate surface area is 153 Å². The third-order valence-corrected chi connectivity index (χ3v) is 4.63. The van der Waals surface area contributed by atoms with Crippen molar-refractivity contribution in [3.8, 4) is 0 Å². The number of benzene rings is 1. The molecule has 0 bridgehead atoms. The Bertz CT molecular complexity index is 725. The van der Waals surface area contributed by atoms with Crippen molar-refractivity contribution in [2.45, 2.75) is 12.6 Å². The molecule has 2 heterocycles. The van der Waals surface area contributed by atoms with Crippen LogP contribution in [-0.4, -0.2) is 73.7 Å². The first-order valence-corrected chi connectivity index (χ1v) is 8.68. The van der Waals surface area contributed by atoms with E-state index in [1.54, 1.807) is 0 Å². The summed E-state index contributed by atoms with van der Waals surface area (Å²) in [4.78, 5) is 28.5. The van der Waals surface area contributed by atoms with Gasteiger partial charge in [-0.25, -0.2) is 9.18 Å². The summed E-state index contributed by atoms with van der Waals surface area (Å²) < 4.78 is 51.9. The highest BCUT2D eigenvalue weighted by Gasteiger charge is 2.32. The van der Waals surface area contributed by atoms with Gasteiger partial charge >= 0.3 is 12.2 Å². The number of halogens is 4. The van der Waals surface area contributed by atoms with Crippen molar-refractivity contribution >= 4 is 17.6 Å². The van der Waals surface area contributed by atoms with E-state index in [-0.39, 0.29) is 37.8 Å². The predicted molar refractivity (Wildman–Crippen MR) is 90.2 cm³/mol. The Hall–Kier alpha value is -2.36. The number of hydrogen-bond donors (Lipinski definition) is 1. The molecule has 1 aromatic carbocycles. The maximum Gasteiger partial charge on any atom is 0.401 e. The Kier molecular flexibility index (Phi) is 5.54. The van der Waals surface area contributed by atoms with Crippen molar-refractivity contribution in [1.82, 2.24) is 15.1 Å². The lowest BCUT2D eigenvalue weighted by Gasteiger charge is -2.23. The Morgan fingerprint density at radius 2 is 1.89 bits per heavy atom. The van der Waals surface area contributed by atoms with E-state index in [1.165, 1.54) is 26.8 Å². The Morgan fingerprint density at radius 3 is 2.56 bits per heavy atom. The van der Waals surface area contributed by atoms with Crippen molar-refractivity contribution in [2.75, 3.05) is 50.7 Å². The fraction of sp³-hybridized carbons (Fsp3) is 0.529. The van der Waals surface area contributed by atoms with Gasteiger partial charge in [0.15, 0.2) is 0 Å². The van der Waals surface area contributed by atoms with Gasteiger partial charge in [0.25, 0.3) is 5.91 Å². The van der Waals surface area contributed by atoms with E-state index in [4.69, 9.17) is 0 Å². The average Bonchev–Trinajstić information content (AvgIpc) is 2.89. The quantitative estimate of drug-likeness (QED) is 0.807. The second-order valence-electron chi connectivity index (χ2n) is 6.58. The number of nitrogens with one attached hydrogen (secondary N) is 1. The number of carbonyl (C=O) groups is 2. The summed E-state index contributed by atoms with van der Waals surface area (Å²) >= 11 is 0. The molecule has 2 saturated heterocycles. The third-order valence-electron chi connectivity index (χ3n) is 4.63. The first-order valence-electron chi connectivity index (χ1n) is 8.68. The number of nitrogens with zero attached hydrogens (tertiary/aromatic N) is 3. The van der Waals surface area contributed by atoms with E-state index >= 15 is 0 Å². The van der Waals surface area contributed by atoms with Gasteiger partial charge in [-0.15, -0.1) is 0 Å². The average molecular weight is 388 g/mol. The van der Waals surface area contributed by atoms with Crippen molar-refractivity contribution in [3.05, 3.63) is 29.6 Å². The topological polar surface area (TPSA) is 55.9 Å². The molecule has 10 heteroatoms. The van der Waals surface area contributed by atoms with Gasteiger partial charge in [0, 0.05) is 45.0 Å². The van der Waals surface area contributed by atoms with Crippen LogP contribution in [0, 0.1) is 5.82 Å². The molecule has 1 N–H and O–H groups in total. The lowest BCUT2D eigenvalue weighted by Crippen LogP contribution is -2.38. The van der Waals surface area contributed by atoms with Gasteiger partial charge in [-0.1, -0.05) is 0 Å². The van der Waals surface area contributed by atoms with E-state index in [0.29, 0.717) is 25.2 Å². The highest BCUT2D eigenvalue weighted by Crippen LogP contribution is 2.23. The molecule has 2 aliphatic rings. The number of urea groups is 1. The summed E-state index contributed by atoms with van der Waals surface area (Å²) in [5.41, 5.74) is 0.222. The molecule has 3 amide bonds. The SMILES string of the molecule is O=C(c1cc(N2CCNC2=O)ccc1F)N1CCCN(CC(F)(F)F)CC1. The highest BCUT2D eigenvalue weighted by molar-refractivity contribution is 5.98. The number of hydrogen-bond acceptors (Lipinski definition) is 3. The van der Waals surface area contributed by atoms with Crippen molar-refractivity contribution in [1.29, 1.82) is 0 Å². The largest absolute Gasteiger partial charge is 0.401 e. The van der Waals surface area contributed by atoms with E-state index < -0.39 is 24.4 Å². The first-order chi connectivity index (χ1) is 12.7. The molecule has 0 radical (unpaired) electrons. The van der Waals surface area contributed by atoms with Gasteiger partial charge in [-0.3, -0.25) is 14.6 Å². The zero-order chi connectivity index (χ0) is 19.6. The van der Waals surface area contributed by atoms with E-state index in [1.807, 2.05) is 0 Å². The number of rotatable bonds is 3. The molecule has 3 rings (SSSR count). The smallest absolute Gasteiger partial charge is 0.337 e. The predicted octanol–water partition coefficient (Wildman–Crippen LogP) is 2.07. The van der Waals surface area contributed by atoms with Crippen LogP contribution >= 0.6 is 0 Å². The Balaban J connectivity index is 1.72. The van der Waals surface area contributed by atoms with Gasteiger partial charge in [0.05, 0.1) is 12.1 Å². The van der Waals surface area contributed by atoms with Crippen LogP contribution in [0.5, 0.6) is 0 Å². The molecule has 0 aliphatic carbocycles. The highest BCUT2D eigenvalue weighted by atomic mass is 19.4. The monoisotopic (exact) mass is 388 g/mol. The lowest BCUT2D eigenvalue weighted by molar-refractivity contribution is -0.145.